The fourth-order valence-electron chi connectivity index (χ4n) is 2.97. The molecule has 0 bridgehead atoms. The van der Waals surface area contributed by atoms with Crippen molar-refractivity contribution in [2.75, 3.05) is 0 Å². The molecule has 0 spiro atoms. The van der Waals surface area contributed by atoms with Crippen molar-refractivity contribution in [3.8, 4) is 11.3 Å². The highest BCUT2D eigenvalue weighted by atomic mass is 14.7. The Kier molecular flexibility index (Phi) is 3.98. The summed E-state index contributed by atoms with van der Waals surface area (Å²) >= 11 is 0. The topological polar surface area (TPSA) is 12.9 Å². The molecule has 0 unspecified atom stereocenters. The van der Waals surface area contributed by atoms with Crippen molar-refractivity contribution in [1.29, 1.82) is 0 Å². The Balaban J connectivity index is 2.36. The lowest BCUT2D eigenvalue weighted by Gasteiger charge is -2.17. The maximum Gasteiger partial charge on any atom is 0.0780 e. The van der Waals surface area contributed by atoms with Gasteiger partial charge in [0.1, 0.15) is 0 Å². The molecular weight excluding hydrogens is 266 g/mol. The Morgan fingerprint density at radius 1 is 0.773 bits per heavy atom. The van der Waals surface area contributed by atoms with E-state index < -0.39 is 0 Å². The quantitative estimate of drug-likeness (QED) is 0.563. The third kappa shape index (κ3) is 2.64. The molecule has 0 saturated heterocycles. The molecule has 0 saturated carbocycles. The van der Waals surface area contributed by atoms with Gasteiger partial charge in [-0.25, -0.2) is 0 Å². The molecule has 0 aliphatic rings. The summed E-state index contributed by atoms with van der Waals surface area (Å²) in [7, 11) is 0. The molecule has 0 N–H and O–H groups in total. The zero-order valence-electron chi connectivity index (χ0n) is 13.8. The minimum Gasteiger partial charge on any atom is -0.256 e. The molecule has 0 radical (unpaired) electrons. The van der Waals surface area contributed by atoms with Crippen molar-refractivity contribution < 1.29 is 0 Å². The van der Waals surface area contributed by atoms with Gasteiger partial charge in [0.15, 0.2) is 0 Å². The second kappa shape index (κ2) is 5.92. The molecule has 1 nitrogen and oxygen atoms in total. The molecule has 1 aromatic heterocycles. The first-order valence-electron chi connectivity index (χ1n) is 8.06. The molecule has 0 aliphatic heterocycles. The Morgan fingerprint density at radius 3 is 2.14 bits per heavy atom. The highest BCUT2D eigenvalue weighted by Crippen LogP contribution is 2.34. The van der Waals surface area contributed by atoms with E-state index in [-0.39, 0.29) is 0 Å². The lowest BCUT2D eigenvalue weighted by molar-refractivity contribution is 0.841. The molecule has 1 heteroatoms. The average molecular weight is 289 g/mol. The van der Waals surface area contributed by atoms with Gasteiger partial charge in [0.05, 0.1) is 5.69 Å². The van der Waals surface area contributed by atoms with Gasteiger partial charge in [-0.05, 0) is 40.5 Å². The minimum absolute atomic E-state index is 0.507. The van der Waals surface area contributed by atoms with Gasteiger partial charge in [0.2, 0.25) is 0 Å². The van der Waals surface area contributed by atoms with Crippen molar-refractivity contribution in [1.82, 2.24) is 4.98 Å². The van der Waals surface area contributed by atoms with Gasteiger partial charge < -0.3 is 0 Å². The van der Waals surface area contributed by atoms with Crippen LogP contribution in [0.2, 0.25) is 0 Å². The summed E-state index contributed by atoms with van der Waals surface area (Å²) in [6.07, 6.45) is 1.94. The summed E-state index contributed by atoms with van der Waals surface area (Å²) in [5, 5.41) is 2.59. The van der Waals surface area contributed by atoms with Crippen LogP contribution in [-0.4, -0.2) is 4.98 Å². The van der Waals surface area contributed by atoms with Gasteiger partial charge >= 0.3 is 0 Å². The minimum atomic E-state index is 0.507. The number of hydrogen-bond donors (Lipinski definition) is 0. The van der Waals surface area contributed by atoms with Gasteiger partial charge in [-0.3, -0.25) is 4.98 Å². The first kappa shape index (κ1) is 14.8. The SMILES string of the molecule is CC(C)c1cc(C(C)C)c2ccnc(-c3ccccc3)c2c1. The molecule has 3 aromatic rings. The van der Waals surface area contributed by atoms with Crippen molar-refractivity contribution in [2.24, 2.45) is 0 Å². The van der Waals surface area contributed by atoms with Crippen LogP contribution in [0.1, 0.15) is 50.7 Å². The highest BCUT2D eigenvalue weighted by Gasteiger charge is 2.13. The summed E-state index contributed by atoms with van der Waals surface area (Å²) in [6, 6.07) is 17.3. The third-order valence-electron chi connectivity index (χ3n) is 4.27. The van der Waals surface area contributed by atoms with E-state index >= 15 is 0 Å². The van der Waals surface area contributed by atoms with E-state index in [0.29, 0.717) is 11.8 Å². The standard InChI is InChI=1S/C21H23N/c1-14(2)17-12-19(15(3)4)18-10-11-22-21(20(18)13-17)16-8-6-5-7-9-16/h5-15H,1-4H3. The highest BCUT2D eigenvalue weighted by molar-refractivity contribution is 5.97. The number of nitrogens with zero attached hydrogens (tertiary/aromatic N) is 1. The molecule has 0 atom stereocenters. The van der Waals surface area contributed by atoms with Gasteiger partial charge in [0.25, 0.3) is 0 Å². The molecule has 2 aromatic carbocycles. The monoisotopic (exact) mass is 289 g/mol. The van der Waals surface area contributed by atoms with Crippen LogP contribution in [0.25, 0.3) is 22.0 Å². The number of rotatable bonds is 3. The van der Waals surface area contributed by atoms with Gasteiger partial charge in [0, 0.05) is 17.1 Å². The van der Waals surface area contributed by atoms with Gasteiger partial charge in [-0.1, -0.05) is 64.1 Å². The van der Waals surface area contributed by atoms with Crippen LogP contribution in [0.3, 0.4) is 0 Å². The van der Waals surface area contributed by atoms with E-state index in [1.807, 2.05) is 12.3 Å². The summed E-state index contributed by atoms with van der Waals surface area (Å²) in [4.78, 5) is 4.68. The van der Waals surface area contributed by atoms with E-state index in [1.165, 1.54) is 27.5 Å². The Labute approximate surface area is 133 Å². The Morgan fingerprint density at radius 2 is 1.50 bits per heavy atom. The maximum absolute atomic E-state index is 4.68. The normalized spacial score (nSPS) is 11.5. The summed E-state index contributed by atoms with van der Waals surface area (Å²) < 4.78 is 0. The number of hydrogen-bond acceptors (Lipinski definition) is 1. The second-order valence-corrected chi connectivity index (χ2v) is 6.54. The lowest BCUT2D eigenvalue weighted by Crippen LogP contribution is -1.97. The Bertz CT molecular complexity index is 786. The fraction of sp³-hybridized carbons (Fsp3) is 0.286. The van der Waals surface area contributed by atoms with E-state index in [9.17, 15) is 0 Å². The van der Waals surface area contributed by atoms with Crippen LogP contribution >= 0.6 is 0 Å². The number of fused-ring (bicyclic) bond motifs is 1. The fourth-order valence-corrected chi connectivity index (χ4v) is 2.97. The molecule has 0 amide bonds. The molecule has 112 valence electrons. The zero-order valence-corrected chi connectivity index (χ0v) is 13.8. The predicted octanol–water partition coefficient (Wildman–Crippen LogP) is 6.15. The van der Waals surface area contributed by atoms with Crippen LogP contribution in [-0.2, 0) is 0 Å². The first-order chi connectivity index (χ1) is 10.6. The molecule has 0 fully saturated rings. The lowest BCUT2D eigenvalue weighted by atomic mass is 9.89. The van der Waals surface area contributed by atoms with E-state index in [1.54, 1.807) is 0 Å². The summed E-state index contributed by atoms with van der Waals surface area (Å²) in [6.45, 7) is 9.04. The van der Waals surface area contributed by atoms with E-state index in [0.717, 1.165) is 5.69 Å². The molecule has 0 aliphatic carbocycles. The number of benzene rings is 2. The Hall–Kier alpha value is -2.15. The van der Waals surface area contributed by atoms with E-state index in [2.05, 4.69) is 75.1 Å². The number of aromatic nitrogens is 1. The molecular formula is C21H23N. The zero-order chi connectivity index (χ0) is 15.7. The van der Waals surface area contributed by atoms with E-state index in [4.69, 9.17) is 0 Å². The van der Waals surface area contributed by atoms with Crippen molar-refractivity contribution in [3.05, 3.63) is 65.9 Å². The summed E-state index contributed by atoms with van der Waals surface area (Å²) in [5.41, 5.74) is 5.08. The van der Waals surface area contributed by atoms with Crippen LogP contribution < -0.4 is 0 Å². The van der Waals surface area contributed by atoms with Crippen molar-refractivity contribution in [3.63, 3.8) is 0 Å². The van der Waals surface area contributed by atoms with Crippen LogP contribution in [0.5, 0.6) is 0 Å². The molecule has 1 heterocycles. The van der Waals surface area contributed by atoms with Gasteiger partial charge in [-0.15, -0.1) is 0 Å². The smallest absolute Gasteiger partial charge is 0.0780 e. The largest absolute Gasteiger partial charge is 0.256 e. The number of pyridine rings is 1. The molecule has 22 heavy (non-hydrogen) atoms. The maximum atomic E-state index is 4.68. The first-order valence-corrected chi connectivity index (χ1v) is 8.06. The molecule has 3 rings (SSSR count). The van der Waals surface area contributed by atoms with Crippen LogP contribution in [0.15, 0.2) is 54.7 Å². The van der Waals surface area contributed by atoms with Crippen molar-refractivity contribution in [2.45, 2.75) is 39.5 Å². The second-order valence-electron chi connectivity index (χ2n) is 6.54. The average Bonchev–Trinajstić information content (AvgIpc) is 2.53. The van der Waals surface area contributed by atoms with Crippen LogP contribution in [0, 0.1) is 0 Å². The third-order valence-corrected chi connectivity index (χ3v) is 4.27. The van der Waals surface area contributed by atoms with Gasteiger partial charge in [-0.2, -0.15) is 0 Å². The van der Waals surface area contributed by atoms with Crippen LogP contribution in [0.4, 0.5) is 0 Å². The predicted molar refractivity (Wildman–Crippen MR) is 95.4 cm³/mol. The summed E-state index contributed by atoms with van der Waals surface area (Å²) in [5.74, 6) is 1.03. The van der Waals surface area contributed by atoms with Crippen molar-refractivity contribution >= 4 is 10.8 Å².